The number of ether oxygens (including phenoxy) is 1. The molecule has 0 heterocycles. The van der Waals surface area contributed by atoms with E-state index in [9.17, 15) is 4.79 Å². The standard InChI is InChI=1S/C14H21NO3/c1-10(2)12-5-4-6-13(9-12)18-11(3)14(17)15-7-8-16/h4-6,9-11,16H,7-8H2,1-3H3,(H,15,17). The molecule has 0 fully saturated rings. The van der Waals surface area contributed by atoms with Crippen molar-refractivity contribution in [2.24, 2.45) is 0 Å². The van der Waals surface area contributed by atoms with Gasteiger partial charge in [-0.25, -0.2) is 0 Å². The highest BCUT2D eigenvalue weighted by atomic mass is 16.5. The maximum absolute atomic E-state index is 11.6. The van der Waals surface area contributed by atoms with E-state index < -0.39 is 6.10 Å². The zero-order valence-corrected chi connectivity index (χ0v) is 11.1. The Balaban J connectivity index is 2.61. The first-order valence-corrected chi connectivity index (χ1v) is 6.19. The number of rotatable bonds is 6. The molecular formula is C14H21NO3. The van der Waals surface area contributed by atoms with Crippen LogP contribution in [0.3, 0.4) is 0 Å². The van der Waals surface area contributed by atoms with Crippen LogP contribution in [0, 0.1) is 0 Å². The van der Waals surface area contributed by atoms with Crippen molar-refractivity contribution >= 4 is 5.91 Å². The van der Waals surface area contributed by atoms with Gasteiger partial charge in [0.05, 0.1) is 6.61 Å². The van der Waals surface area contributed by atoms with Crippen LogP contribution in [0.25, 0.3) is 0 Å². The van der Waals surface area contributed by atoms with Crippen molar-refractivity contribution in [1.29, 1.82) is 0 Å². The number of hydrogen-bond donors (Lipinski definition) is 2. The topological polar surface area (TPSA) is 58.6 Å². The summed E-state index contributed by atoms with van der Waals surface area (Å²) in [5, 5.41) is 11.2. The molecule has 0 aliphatic rings. The summed E-state index contributed by atoms with van der Waals surface area (Å²) in [4.78, 5) is 11.6. The van der Waals surface area contributed by atoms with Gasteiger partial charge in [0.15, 0.2) is 6.10 Å². The van der Waals surface area contributed by atoms with E-state index in [0.717, 1.165) is 0 Å². The van der Waals surface area contributed by atoms with E-state index >= 15 is 0 Å². The number of aliphatic hydroxyl groups is 1. The average molecular weight is 251 g/mol. The van der Waals surface area contributed by atoms with Crippen LogP contribution in [-0.2, 0) is 4.79 Å². The first kappa shape index (κ1) is 14.5. The Kier molecular flexibility index (Phi) is 5.65. The number of nitrogens with one attached hydrogen (secondary N) is 1. The summed E-state index contributed by atoms with van der Waals surface area (Å²) in [6, 6.07) is 7.74. The number of benzene rings is 1. The molecule has 1 aromatic carbocycles. The lowest BCUT2D eigenvalue weighted by Crippen LogP contribution is -2.37. The van der Waals surface area contributed by atoms with Crippen LogP contribution in [0.1, 0.15) is 32.3 Å². The summed E-state index contributed by atoms with van der Waals surface area (Å²) in [6.07, 6.45) is -0.570. The molecule has 1 amide bonds. The van der Waals surface area contributed by atoms with E-state index in [4.69, 9.17) is 9.84 Å². The molecule has 1 rings (SSSR count). The largest absolute Gasteiger partial charge is 0.481 e. The molecule has 0 aromatic heterocycles. The highest BCUT2D eigenvalue weighted by Gasteiger charge is 2.14. The Bertz CT molecular complexity index is 390. The van der Waals surface area contributed by atoms with E-state index in [1.54, 1.807) is 6.92 Å². The van der Waals surface area contributed by atoms with Crippen LogP contribution in [0.5, 0.6) is 5.75 Å². The molecule has 4 heteroatoms. The van der Waals surface area contributed by atoms with Crippen molar-refractivity contribution in [3.8, 4) is 5.75 Å². The van der Waals surface area contributed by atoms with Gasteiger partial charge in [0.1, 0.15) is 5.75 Å². The highest BCUT2D eigenvalue weighted by molar-refractivity contribution is 5.80. The zero-order valence-electron chi connectivity index (χ0n) is 11.1. The Morgan fingerprint density at radius 3 is 2.72 bits per heavy atom. The predicted octanol–water partition coefficient (Wildman–Crippen LogP) is 1.69. The maximum Gasteiger partial charge on any atom is 0.260 e. The van der Waals surface area contributed by atoms with E-state index in [-0.39, 0.29) is 19.1 Å². The van der Waals surface area contributed by atoms with Gasteiger partial charge in [0, 0.05) is 6.54 Å². The molecule has 0 saturated heterocycles. The van der Waals surface area contributed by atoms with E-state index in [2.05, 4.69) is 19.2 Å². The van der Waals surface area contributed by atoms with Crippen molar-refractivity contribution in [3.05, 3.63) is 29.8 Å². The van der Waals surface area contributed by atoms with Crippen LogP contribution in [-0.4, -0.2) is 30.3 Å². The summed E-state index contributed by atoms with van der Waals surface area (Å²) in [5.74, 6) is 0.888. The predicted molar refractivity (Wildman–Crippen MR) is 70.7 cm³/mol. The highest BCUT2D eigenvalue weighted by Crippen LogP contribution is 2.20. The second-order valence-electron chi connectivity index (χ2n) is 4.50. The average Bonchev–Trinajstić information content (AvgIpc) is 2.36. The minimum absolute atomic E-state index is 0.0682. The number of amides is 1. The SMILES string of the molecule is CC(Oc1cccc(C(C)C)c1)C(=O)NCCO. The Labute approximate surface area is 108 Å². The fourth-order valence-corrected chi connectivity index (χ4v) is 1.53. The van der Waals surface area contributed by atoms with Gasteiger partial charge < -0.3 is 15.2 Å². The minimum atomic E-state index is -0.570. The van der Waals surface area contributed by atoms with Crippen molar-refractivity contribution in [2.75, 3.05) is 13.2 Å². The number of carbonyl (C=O) groups is 1. The molecular weight excluding hydrogens is 230 g/mol. The van der Waals surface area contributed by atoms with E-state index in [1.807, 2.05) is 24.3 Å². The molecule has 0 saturated carbocycles. The third kappa shape index (κ3) is 4.37. The second-order valence-corrected chi connectivity index (χ2v) is 4.50. The lowest BCUT2D eigenvalue weighted by Gasteiger charge is -2.15. The van der Waals surface area contributed by atoms with Crippen LogP contribution in [0.2, 0.25) is 0 Å². The Morgan fingerprint density at radius 1 is 1.39 bits per heavy atom. The summed E-state index contributed by atoms with van der Waals surface area (Å²) < 4.78 is 5.57. The molecule has 0 aliphatic heterocycles. The molecule has 1 unspecified atom stereocenters. The van der Waals surface area contributed by atoms with Gasteiger partial charge in [-0.05, 0) is 30.5 Å². The van der Waals surface area contributed by atoms with E-state index in [1.165, 1.54) is 5.56 Å². The summed E-state index contributed by atoms with van der Waals surface area (Å²) in [5.41, 5.74) is 1.18. The smallest absolute Gasteiger partial charge is 0.260 e. The fourth-order valence-electron chi connectivity index (χ4n) is 1.53. The lowest BCUT2D eigenvalue weighted by molar-refractivity contribution is -0.127. The summed E-state index contributed by atoms with van der Waals surface area (Å²) >= 11 is 0. The molecule has 1 atom stereocenters. The van der Waals surface area contributed by atoms with Crippen molar-refractivity contribution in [2.45, 2.75) is 32.8 Å². The van der Waals surface area contributed by atoms with Gasteiger partial charge >= 0.3 is 0 Å². The molecule has 4 nitrogen and oxygen atoms in total. The molecule has 0 bridgehead atoms. The monoisotopic (exact) mass is 251 g/mol. The maximum atomic E-state index is 11.6. The second kappa shape index (κ2) is 7.01. The van der Waals surface area contributed by atoms with Crippen LogP contribution in [0.4, 0.5) is 0 Å². The molecule has 0 spiro atoms. The molecule has 0 aliphatic carbocycles. The van der Waals surface area contributed by atoms with Crippen molar-refractivity contribution < 1.29 is 14.6 Å². The molecule has 18 heavy (non-hydrogen) atoms. The third-order valence-corrected chi connectivity index (χ3v) is 2.62. The number of hydrogen-bond acceptors (Lipinski definition) is 3. The minimum Gasteiger partial charge on any atom is -0.481 e. The summed E-state index contributed by atoms with van der Waals surface area (Å²) in [7, 11) is 0. The van der Waals surface area contributed by atoms with Gasteiger partial charge in [-0.2, -0.15) is 0 Å². The quantitative estimate of drug-likeness (QED) is 0.809. The number of carbonyl (C=O) groups excluding carboxylic acids is 1. The lowest BCUT2D eigenvalue weighted by atomic mass is 10.0. The van der Waals surface area contributed by atoms with Crippen molar-refractivity contribution in [1.82, 2.24) is 5.32 Å². The third-order valence-electron chi connectivity index (χ3n) is 2.62. The first-order valence-electron chi connectivity index (χ1n) is 6.19. The van der Waals surface area contributed by atoms with Crippen molar-refractivity contribution in [3.63, 3.8) is 0 Å². The van der Waals surface area contributed by atoms with Gasteiger partial charge in [0.2, 0.25) is 0 Å². The number of aliphatic hydroxyl groups excluding tert-OH is 1. The van der Waals surface area contributed by atoms with E-state index in [0.29, 0.717) is 11.7 Å². The Hall–Kier alpha value is -1.55. The van der Waals surface area contributed by atoms with Gasteiger partial charge in [-0.3, -0.25) is 4.79 Å². The molecule has 2 N–H and O–H groups in total. The molecule has 1 aromatic rings. The van der Waals surface area contributed by atoms with Crippen LogP contribution < -0.4 is 10.1 Å². The van der Waals surface area contributed by atoms with Crippen LogP contribution >= 0.6 is 0 Å². The normalized spacial score (nSPS) is 12.3. The zero-order chi connectivity index (χ0) is 13.5. The molecule has 0 radical (unpaired) electrons. The Morgan fingerprint density at radius 2 is 2.11 bits per heavy atom. The summed E-state index contributed by atoms with van der Waals surface area (Å²) in [6.45, 7) is 6.08. The van der Waals surface area contributed by atoms with Gasteiger partial charge in [-0.1, -0.05) is 26.0 Å². The first-order chi connectivity index (χ1) is 8.54. The van der Waals surface area contributed by atoms with Crippen LogP contribution in [0.15, 0.2) is 24.3 Å². The fraction of sp³-hybridized carbons (Fsp3) is 0.500. The van der Waals surface area contributed by atoms with Gasteiger partial charge in [0.25, 0.3) is 5.91 Å². The van der Waals surface area contributed by atoms with Gasteiger partial charge in [-0.15, -0.1) is 0 Å². The molecule has 100 valence electrons.